The Morgan fingerprint density at radius 1 is 1.40 bits per heavy atom. The number of hydrogen-bond acceptors (Lipinski definition) is 4. The molecule has 0 amide bonds. The quantitative estimate of drug-likeness (QED) is 0.653. The summed E-state index contributed by atoms with van der Waals surface area (Å²) in [5, 5.41) is 0. The van der Waals surface area contributed by atoms with E-state index in [-0.39, 0.29) is 12.3 Å². The molecule has 90 valence electrons. The summed E-state index contributed by atoms with van der Waals surface area (Å²) in [5.74, 6) is 0. The molecule has 1 saturated heterocycles. The first kappa shape index (κ1) is 12.9. The molecule has 0 bridgehead atoms. The van der Waals surface area contributed by atoms with Crippen molar-refractivity contribution in [2.75, 3.05) is 20.8 Å². The van der Waals surface area contributed by atoms with Crippen molar-refractivity contribution in [2.24, 2.45) is 5.73 Å². The highest BCUT2D eigenvalue weighted by atomic mass is 16.7. The lowest BCUT2D eigenvalue weighted by Gasteiger charge is -2.21. The Labute approximate surface area is 92.1 Å². The van der Waals surface area contributed by atoms with E-state index in [1.54, 1.807) is 14.2 Å². The molecule has 0 radical (unpaired) electrons. The third-order valence-corrected chi connectivity index (χ3v) is 2.90. The van der Waals surface area contributed by atoms with Crippen LogP contribution in [0.2, 0.25) is 0 Å². The van der Waals surface area contributed by atoms with Crippen LogP contribution in [0.5, 0.6) is 0 Å². The lowest BCUT2D eigenvalue weighted by molar-refractivity contribution is -0.117. The van der Waals surface area contributed by atoms with Gasteiger partial charge in [-0.25, -0.2) is 0 Å². The Hall–Kier alpha value is -0.160. The molecule has 2 atom stereocenters. The zero-order valence-electron chi connectivity index (χ0n) is 9.78. The minimum atomic E-state index is -0.283. The monoisotopic (exact) mass is 217 g/mol. The molecule has 0 aliphatic carbocycles. The molecular formula is C11H23NO3. The van der Waals surface area contributed by atoms with Crippen molar-refractivity contribution >= 4 is 0 Å². The fourth-order valence-electron chi connectivity index (χ4n) is 2.04. The van der Waals surface area contributed by atoms with Crippen LogP contribution in [0.4, 0.5) is 0 Å². The van der Waals surface area contributed by atoms with Crippen LogP contribution in [0.3, 0.4) is 0 Å². The predicted molar refractivity (Wildman–Crippen MR) is 58.6 cm³/mol. The standard InChI is InChI=1S/C11H23NO3/c1-13-11(14-2)10(12)7-3-5-9-6-4-8-15-9/h9-11H,3-8,12H2,1-2H3. The largest absolute Gasteiger partial charge is 0.378 e. The number of rotatable bonds is 7. The van der Waals surface area contributed by atoms with Gasteiger partial charge in [0.15, 0.2) is 6.29 Å². The second kappa shape index (κ2) is 7.17. The molecule has 2 N–H and O–H groups in total. The number of nitrogens with two attached hydrogens (primary N) is 1. The van der Waals surface area contributed by atoms with Gasteiger partial charge in [0.25, 0.3) is 0 Å². The highest BCUT2D eigenvalue weighted by Gasteiger charge is 2.18. The first-order valence-electron chi connectivity index (χ1n) is 5.70. The highest BCUT2D eigenvalue weighted by molar-refractivity contribution is 4.69. The van der Waals surface area contributed by atoms with Gasteiger partial charge in [-0.05, 0) is 32.1 Å². The molecule has 15 heavy (non-hydrogen) atoms. The SMILES string of the molecule is COC(OC)C(N)CCCC1CCCO1. The fourth-order valence-corrected chi connectivity index (χ4v) is 2.04. The number of ether oxygens (including phenoxy) is 3. The van der Waals surface area contributed by atoms with Gasteiger partial charge in [-0.3, -0.25) is 0 Å². The summed E-state index contributed by atoms with van der Waals surface area (Å²) >= 11 is 0. The molecule has 4 nitrogen and oxygen atoms in total. The van der Waals surface area contributed by atoms with Gasteiger partial charge in [-0.1, -0.05) is 0 Å². The van der Waals surface area contributed by atoms with Crippen molar-refractivity contribution in [1.29, 1.82) is 0 Å². The second-order valence-electron chi connectivity index (χ2n) is 4.07. The molecule has 0 aromatic rings. The molecule has 1 aliphatic heterocycles. The Morgan fingerprint density at radius 2 is 2.13 bits per heavy atom. The van der Waals surface area contributed by atoms with Gasteiger partial charge >= 0.3 is 0 Å². The van der Waals surface area contributed by atoms with Crippen LogP contribution in [-0.2, 0) is 14.2 Å². The number of hydrogen-bond donors (Lipinski definition) is 1. The van der Waals surface area contributed by atoms with E-state index in [0.717, 1.165) is 25.9 Å². The summed E-state index contributed by atoms with van der Waals surface area (Å²) in [6.07, 6.45) is 5.69. The normalized spacial score (nSPS) is 23.6. The maximum Gasteiger partial charge on any atom is 0.171 e. The molecule has 0 spiro atoms. The van der Waals surface area contributed by atoms with Gasteiger partial charge in [-0.2, -0.15) is 0 Å². The summed E-state index contributed by atoms with van der Waals surface area (Å²) in [6.45, 7) is 0.926. The van der Waals surface area contributed by atoms with Crippen molar-refractivity contribution in [3.05, 3.63) is 0 Å². The lowest BCUT2D eigenvalue weighted by atomic mass is 10.1. The zero-order chi connectivity index (χ0) is 11.1. The average molecular weight is 217 g/mol. The van der Waals surface area contributed by atoms with Gasteiger partial charge in [0, 0.05) is 20.8 Å². The van der Waals surface area contributed by atoms with Crippen molar-refractivity contribution in [3.8, 4) is 0 Å². The molecule has 1 aliphatic rings. The van der Waals surface area contributed by atoms with Gasteiger partial charge in [0.05, 0.1) is 12.1 Å². The second-order valence-corrected chi connectivity index (χ2v) is 4.07. The summed E-state index contributed by atoms with van der Waals surface area (Å²) in [6, 6.07) is -0.0404. The summed E-state index contributed by atoms with van der Waals surface area (Å²) in [7, 11) is 3.24. The third-order valence-electron chi connectivity index (χ3n) is 2.90. The van der Waals surface area contributed by atoms with E-state index >= 15 is 0 Å². The van der Waals surface area contributed by atoms with E-state index in [9.17, 15) is 0 Å². The maximum atomic E-state index is 5.93. The van der Waals surface area contributed by atoms with Crippen LogP contribution in [0, 0.1) is 0 Å². The van der Waals surface area contributed by atoms with Crippen molar-refractivity contribution < 1.29 is 14.2 Å². The van der Waals surface area contributed by atoms with E-state index in [0.29, 0.717) is 6.10 Å². The molecule has 1 rings (SSSR count). The first-order chi connectivity index (χ1) is 7.27. The van der Waals surface area contributed by atoms with E-state index in [1.807, 2.05) is 0 Å². The van der Waals surface area contributed by atoms with Gasteiger partial charge in [-0.15, -0.1) is 0 Å². The Bertz CT molecular complexity index is 156. The third kappa shape index (κ3) is 4.47. The Balaban J connectivity index is 2.07. The summed E-state index contributed by atoms with van der Waals surface area (Å²) < 4.78 is 15.8. The molecule has 1 fully saturated rings. The topological polar surface area (TPSA) is 53.7 Å². The van der Waals surface area contributed by atoms with E-state index in [2.05, 4.69) is 0 Å². The smallest absolute Gasteiger partial charge is 0.171 e. The lowest BCUT2D eigenvalue weighted by Crippen LogP contribution is -2.37. The minimum Gasteiger partial charge on any atom is -0.378 e. The molecule has 1 heterocycles. The fraction of sp³-hybridized carbons (Fsp3) is 1.00. The van der Waals surface area contributed by atoms with Crippen LogP contribution in [0.15, 0.2) is 0 Å². The molecule has 0 saturated carbocycles. The van der Waals surface area contributed by atoms with Crippen LogP contribution < -0.4 is 5.73 Å². The first-order valence-corrected chi connectivity index (χ1v) is 5.70. The predicted octanol–water partition coefficient (Wildman–Crippen LogP) is 1.28. The average Bonchev–Trinajstić information content (AvgIpc) is 2.72. The van der Waals surface area contributed by atoms with Gasteiger partial charge in [0.2, 0.25) is 0 Å². The summed E-state index contributed by atoms with van der Waals surface area (Å²) in [4.78, 5) is 0. The van der Waals surface area contributed by atoms with E-state index in [1.165, 1.54) is 12.8 Å². The van der Waals surface area contributed by atoms with Gasteiger partial charge < -0.3 is 19.9 Å². The van der Waals surface area contributed by atoms with Crippen molar-refractivity contribution in [1.82, 2.24) is 0 Å². The molecule has 4 heteroatoms. The van der Waals surface area contributed by atoms with Crippen LogP contribution in [-0.4, -0.2) is 39.3 Å². The molecular weight excluding hydrogens is 194 g/mol. The zero-order valence-corrected chi connectivity index (χ0v) is 9.78. The highest BCUT2D eigenvalue weighted by Crippen LogP contribution is 2.18. The molecule has 0 aromatic heterocycles. The van der Waals surface area contributed by atoms with Crippen molar-refractivity contribution in [3.63, 3.8) is 0 Å². The van der Waals surface area contributed by atoms with Crippen LogP contribution >= 0.6 is 0 Å². The Morgan fingerprint density at radius 3 is 2.67 bits per heavy atom. The van der Waals surface area contributed by atoms with Crippen LogP contribution in [0.25, 0.3) is 0 Å². The molecule has 2 unspecified atom stereocenters. The van der Waals surface area contributed by atoms with Gasteiger partial charge in [0.1, 0.15) is 0 Å². The minimum absolute atomic E-state index is 0.0404. The number of methoxy groups -OCH3 is 2. The van der Waals surface area contributed by atoms with E-state index in [4.69, 9.17) is 19.9 Å². The van der Waals surface area contributed by atoms with E-state index < -0.39 is 0 Å². The Kier molecular flexibility index (Phi) is 6.17. The van der Waals surface area contributed by atoms with Crippen LogP contribution in [0.1, 0.15) is 32.1 Å². The van der Waals surface area contributed by atoms with Crippen molar-refractivity contribution in [2.45, 2.75) is 50.5 Å². The maximum absolute atomic E-state index is 5.93. The molecule has 0 aromatic carbocycles. The summed E-state index contributed by atoms with van der Waals surface area (Å²) in [5.41, 5.74) is 5.93.